The molecule has 2 aromatic rings. The number of hydrogen-bond acceptors (Lipinski definition) is 3. The maximum absolute atomic E-state index is 10.2. The molecule has 0 aliphatic carbocycles. The van der Waals surface area contributed by atoms with Crippen LogP contribution in [0.3, 0.4) is 0 Å². The highest BCUT2D eigenvalue weighted by Gasteiger charge is 2.00. The van der Waals surface area contributed by atoms with Crippen LogP contribution in [0.5, 0.6) is 5.75 Å². The van der Waals surface area contributed by atoms with Crippen molar-refractivity contribution < 1.29 is 9.53 Å². The predicted molar refractivity (Wildman–Crippen MR) is 58.3 cm³/mol. The van der Waals surface area contributed by atoms with Crippen molar-refractivity contribution in [2.24, 2.45) is 4.99 Å². The lowest BCUT2D eigenvalue weighted by molar-refractivity contribution is 0.415. The van der Waals surface area contributed by atoms with E-state index < -0.39 is 0 Å². The molecule has 15 heavy (non-hydrogen) atoms. The number of carbonyl (C=O) groups excluding carboxylic acids is 1. The number of benzene rings is 2. The van der Waals surface area contributed by atoms with E-state index in [1.165, 1.54) is 0 Å². The molecule has 0 heterocycles. The number of rotatable bonds is 2. The summed E-state index contributed by atoms with van der Waals surface area (Å²) >= 11 is 0. The van der Waals surface area contributed by atoms with E-state index in [1.54, 1.807) is 19.3 Å². The van der Waals surface area contributed by atoms with Crippen LogP contribution in [0.25, 0.3) is 10.8 Å². The first kappa shape index (κ1) is 9.44. The van der Waals surface area contributed by atoms with Gasteiger partial charge in [0.15, 0.2) is 0 Å². The summed E-state index contributed by atoms with van der Waals surface area (Å²) in [6.07, 6.45) is 1.55. The number of nitrogens with zero attached hydrogens (tertiary/aromatic N) is 1. The zero-order chi connectivity index (χ0) is 10.7. The average molecular weight is 199 g/mol. The normalized spacial score (nSPS) is 9.67. The Morgan fingerprint density at radius 2 is 2.13 bits per heavy atom. The second kappa shape index (κ2) is 3.95. The first-order valence-electron chi connectivity index (χ1n) is 4.50. The van der Waals surface area contributed by atoms with Crippen LogP contribution in [0.2, 0.25) is 0 Å². The van der Waals surface area contributed by atoms with Crippen LogP contribution < -0.4 is 4.74 Å². The topological polar surface area (TPSA) is 38.7 Å². The zero-order valence-corrected chi connectivity index (χ0v) is 8.23. The van der Waals surface area contributed by atoms with Crippen LogP contribution in [0.15, 0.2) is 41.4 Å². The van der Waals surface area contributed by atoms with E-state index in [9.17, 15) is 4.79 Å². The molecular weight excluding hydrogens is 190 g/mol. The smallest absolute Gasteiger partial charge is 0.240 e. The number of methoxy groups -OCH3 is 1. The Bertz CT molecular complexity index is 542. The Kier molecular flexibility index (Phi) is 2.48. The van der Waals surface area contributed by atoms with Gasteiger partial charge in [0.05, 0.1) is 12.8 Å². The van der Waals surface area contributed by atoms with Crippen molar-refractivity contribution in [1.29, 1.82) is 0 Å². The first-order valence-corrected chi connectivity index (χ1v) is 4.50. The van der Waals surface area contributed by atoms with Gasteiger partial charge in [-0.05, 0) is 29.7 Å². The third-order valence-corrected chi connectivity index (χ3v) is 2.23. The highest BCUT2D eigenvalue weighted by molar-refractivity contribution is 5.94. The lowest BCUT2D eigenvalue weighted by Crippen LogP contribution is -1.82. The number of isocyanates is 1. The van der Waals surface area contributed by atoms with Crippen molar-refractivity contribution in [1.82, 2.24) is 0 Å². The van der Waals surface area contributed by atoms with Gasteiger partial charge in [-0.2, -0.15) is 4.99 Å². The molecule has 0 aliphatic rings. The van der Waals surface area contributed by atoms with Crippen LogP contribution in [0.4, 0.5) is 5.69 Å². The Balaban J connectivity index is 2.71. The summed E-state index contributed by atoms with van der Waals surface area (Å²) in [4.78, 5) is 13.9. The largest absolute Gasteiger partial charge is 0.497 e. The minimum absolute atomic E-state index is 0.630. The molecule has 0 aromatic heterocycles. The third-order valence-electron chi connectivity index (χ3n) is 2.23. The second-order valence-corrected chi connectivity index (χ2v) is 3.07. The summed E-state index contributed by atoms with van der Waals surface area (Å²) in [5.74, 6) is 0.787. The third kappa shape index (κ3) is 1.73. The van der Waals surface area contributed by atoms with E-state index in [4.69, 9.17) is 4.74 Å². The molecule has 0 radical (unpaired) electrons. The summed E-state index contributed by atoms with van der Waals surface area (Å²) in [6, 6.07) is 11.2. The van der Waals surface area contributed by atoms with E-state index >= 15 is 0 Å². The number of aliphatic imine (C=N–C) groups is 1. The molecule has 0 amide bonds. The molecule has 0 saturated heterocycles. The molecule has 0 saturated carbocycles. The van der Waals surface area contributed by atoms with Gasteiger partial charge in [0.25, 0.3) is 0 Å². The predicted octanol–water partition coefficient (Wildman–Crippen LogP) is 2.82. The fourth-order valence-electron chi connectivity index (χ4n) is 1.52. The zero-order valence-electron chi connectivity index (χ0n) is 8.23. The molecule has 0 atom stereocenters. The molecule has 0 N–H and O–H groups in total. The van der Waals surface area contributed by atoms with Gasteiger partial charge in [-0.15, -0.1) is 0 Å². The van der Waals surface area contributed by atoms with Gasteiger partial charge in [0.2, 0.25) is 6.08 Å². The van der Waals surface area contributed by atoms with Gasteiger partial charge in [0, 0.05) is 5.39 Å². The van der Waals surface area contributed by atoms with E-state index in [-0.39, 0.29) is 0 Å². The molecule has 3 nitrogen and oxygen atoms in total. The Hall–Kier alpha value is -2.12. The average Bonchev–Trinajstić information content (AvgIpc) is 2.29. The Labute approximate surface area is 87.0 Å². The number of hydrogen-bond donors (Lipinski definition) is 0. The van der Waals surface area contributed by atoms with Gasteiger partial charge in [0.1, 0.15) is 5.75 Å². The molecule has 0 bridgehead atoms. The van der Waals surface area contributed by atoms with Crippen molar-refractivity contribution in [3.63, 3.8) is 0 Å². The van der Waals surface area contributed by atoms with Crippen molar-refractivity contribution in [3.8, 4) is 5.75 Å². The molecule has 0 unspecified atom stereocenters. The minimum atomic E-state index is 0.630. The molecule has 0 fully saturated rings. The number of fused-ring (bicyclic) bond motifs is 1. The lowest BCUT2D eigenvalue weighted by Gasteiger charge is -2.03. The van der Waals surface area contributed by atoms with E-state index in [0.717, 1.165) is 16.5 Å². The lowest BCUT2D eigenvalue weighted by atomic mass is 10.1. The van der Waals surface area contributed by atoms with Crippen LogP contribution in [-0.2, 0) is 4.79 Å². The maximum atomic E-state index is 10.2. The van der Waals surface area contributed by atoms with Gasteiger partial charge in [-0.3, -0.25) is 0 Å². The standard InChI is InChI=1S/C12H9NO2/c1-15-10-5-6-11-9(7-10)3-2-4-12(11)13-8-14/h2-7H,1H3. The first-order chi connectivity index (χ1) is 7.35. The maximum Gasteiger partial charge on any atom is 0.240 e. The number of ether oxygens (including phenoxy) is 1. The highest BCUT2D eigenvalue weighted by Crippen LogP contribution is 2.28. The van der Waals surface area contributed by atoms with E-state index in [1.807, 2.05) is 30.3 Å². The molecule has 0 aliphatic heterocycles. The molecular formula is C12H9NO2. The van der Waals surface area contributed by atoms with Crippen LogP contribution in [-0.4, -0.2) is 13.2 Å². The molecule has 2 aromatic carbocycles. The fraction of sp³-hybridized carbons (Fsp3) is 0.0833. The van der Waals surface area contributed by atoms with Crippen LogP contribution in [0, 0.1) is 0 Å². The van der Waals surface area contributed by atoms with Crippen molar-refractivity contribution in [2.75, 3.05) is 7.11 Å². The summed E-state index contributed by atoms with van der Waals surface area (Å²) in [6.45, 7) is 0. The molecule has 0 spiro atoms. The Morgan fingerprint density at radius 1 is 1.27 bits per heavy atom. The summed E-state index contributed by atoms with van der Waals surface area (Å²) in [5.41, 5.74) is 0.630. The summed E-state index contributed by atoms with van der Waals surface area (Å²) in [5, 5.41) is 1.91. The SMILES string of the molecule is COc1ccc2c(N=C=O)cccc2c1. The molecule has 2 rings (SSSR count). The van der Waals surface area contributed by atoms with Gasteiger partial charge >= 0.3 is 0 Å². The molecule has 3 heteroatoms. The van der Waals surface area contributed by atoms with Crippen molar-refractivity contribution in [3.05, 3.63) is 36.4 Å². The van der Waals surface area contributed by atoms with Gasteiger partial charge in [-0.1, -0.05) is 12.1 Å². The molecule has 74 valence electrons. The Morgan fingerprint density at radius 3 is 2.87 bits per heavy atom. The summed E-state index contributed by atoms with van der Waals surface area (Å²) in [7, 11) is 1.62. The quantitative estimate of drug-likeness (QED) is 0.551. The van der Waals surface area contributed by atoms with E-state index in [0.29, 0.717) is 5.69 Å². The monoisotopic (exact) mass is 199 g/mol. The van der Waals surface area contributed by atoms with Crippen molar-refractivity contribution in [2.45, 2.75) is 0 Å². The van der Waals surface area contributed by atoms with Crippen LogP contribution >= 0.6 is 0 Å². The van der Waals surface area contributed by atoms with Crippen molar-refractivity contribution >= 4 is 22.5 Å². The highest BCUT2D eigenvalue weighted by atomic mass is 16.5. The van der Waals surface area contributed by atoms with E-state index in [2.05, 4.69) is 4.99 Å². The summed E-state index contributed by atoms with van der Waals surface area (Å²) < 4.78 is 5.11. The fourth-order valence-corrected chi connectivity index (χ4v) is 1.52. The van der Waals surface area contributed by atoms with Gasteiger partial charge < -0.3 is 4.74 Å². The van der Waals surface area contributed by atoms with Gasteiger partial charge in [-0.25, -0.2) is 4.79 Å². The van der Waals surface area contributed by atoms with Crippen LogP contribution in [0.1, 0.15) is 0 Å². The second-order valence-electron chi connectivity index (χ2n) is 3.07. The minimum Gasteiger partial charge on any atom is -0.497 e.